The van der Waals surface area contributed by atoms with Crippen molar-refractivity contribution < 1.29 is 9.59 Å². The summed E-state index contributed by atoms with van der Waals surface area (Å²) < 4.78 is 0. The molecule has 0 aromatic heterocycles. The van der Waals surface area contributed by atoms with Crippen molar-refractivity contribution in [1.82, 2.24) is 10.6 Å². The van der Waals surface area contributed by atoms with Crippen molar-refractivity contribution in [1.29, 1.82) is 0 Å². The van der Waals surface area contributed by atoms with E-state index in [0.29, 0.717) is 25.4 Å². The van der Waals surface area contributed by atoms with Crippen LogP contribution in [0.25, 0.3) is 0 Å². The third kappa shape index (κ3) is 4.91. The van der Waals surface area contributed by atoms with E-state index < -0.39 is 5.41 Å². The first-order chi connectivity index (χ1) is 16.9. The van der Waals surface area contributed by atoms with Gasteiger partial charge in [0.05, 0.1) is 11.1 Å². The fourth-order valence-electron chi connectivity index (χ4n) is 5.55. The van der Waals surface area contributed by atoms with Crippen molar-refractivity contribution in [3.8, 4) is 0 Å². The Morgan fingerprint density at radius 1 is 0.914 bits per heavy atom. The Morgan fingerprint density at radius 3 is 1.89 bits per heavy atom. The normalized spacial score (nSPS) is 16.9. The van der Waals surface area contributed by atoms with Crippen LogP contribution in [0.1, 0.15) is 67.0 Å². The largest absolute Gasteiger partial charge is 0.355 e. The molecule has 2 aromatic rings. The number of carbonyl (C=O) groups excluding carboxylic acids is 2. The number of aryl methyl sites for hydroxylation is 2. The van der Waals surface area contributed by atoms with E-state index in [2.05, 4.69) is 72.9 Å². The van der Waals surface area contributed by atoms with Crippen LogP contribution in [0.3, 0.4) is 0 Å². The fraction of sp³-hybridized carbons (Fsp3) is 0.429. The topological polar surface area (TPSA) is 109 Å². The van der Waals surface area contributed by atoms with Gasteiger partial charge in [-0.1, -0.05) is 50.2 Å². The van der Waals surface area contributed by atoms with Gasteiger partial charge in [-0.2, -0.15) is 10.2 Å². The van der Waals surface area contributed by atoms with E-state index in [0.717, 1.165) is 54.6 Å². The molecule has 7 heteroatoms. The lowest BCUT2D eigenvalue weighted by Gasteiger charge is -2.38. The summed E-state index contributed by atoms with van der Waals surface area (Å²) in [6, 6.07) is 13.0. The van der Waals surface area contributed by atoms with Crippen molar-refractivity contribution in [2.24, 2.45) is 21.9 Å². The van der Waals surface area contributed by atoms with Gasteiger partial charge in [-0.15, -0.1) is 0 Å². The van der Waals surface area contributed by atoms with Crippen LogP contribution in [-0.4, -0.2) is 30.3 Å². The van der Waals surface area contributed by atoms with Crippen LogP contribution in [-0.2, 0) is 40.9 Å². The molecule has 0 fully saturated rings. The molecule has 1 heterocycles. The Balaban J connectivity index is 1.92. The van der Waals surface area contributed by atoms with Crippen LogP contribution in [0.5, 0.6) is 0 Å². The molecule has 4 rings (SSSR count). The third-order valence-electron chi connectivity index (χ3n) is 7.14. The highest BCUT2D eigenvalue weighted by molar-refractivity contribution is 6.14. The first-order valence-electron chi connectivity index (χ1n) is 12.4. The van der Waals surface area contributed by atoms with Gasteiger partial charge in [-0.05, 0) is 65.5 Å². The van der Waals surface area contributed by atoms with Gasteiger partial charge in [0, 0.05) is 31.3 Å². The fourth-order valence-corrected chi connectivity index (χ4v) is 5.55. The second-order valence-electron chi connectivity index (χ2n) is 10.0. The molecule has 1 atom stereocenters. The van der Waals surface area contributed by atoms with Crippen LogP contribution in [0.15, 0.2) is 46.6 Å². The molecule has 1 aliphatic carbocycles. The highest BCUT2D eigenvalue weighted by Gasteiger charge is 2.45. The highest BCUT2D eigenvalue weighted by atomic mass is 16.1. The standard InChI is InChI=1S/C28H35N5O2/c1-18(2)26-12-27(33-32-26)28(13-19(3)29)24-8-4-20(14-30-16-34)10-22(24)6-7-23-11-21(15-31-17-35)5-9-25(23)28/h4-5,8-11,16-19H,6-7,12-15,29H2,1-3H3,(H,30,34)(H,31,35)/t19-/m1/s1. The van der Waals surface area contributed by atoms with Crippen molar-refractivity contribution in [2.75, 3.05) is 0 Å². The van der Waals surface area contributed by atoms with E-state index in [1.165, 1.54) is 22.3 Å². The van der Waals surface area contributed by atoms with Crippen LogP contribution < -0.4 is 16.4 Å². The van der Waals surface area contributed by atoms with Gasteiger partial charge in [0.25, 0.3) is 0 Å². The van der Waals surface area contributed by atoms with Gasteiger partial charge in [0.2, 0.25) is 12.8 Å². The van der Waals surface area contributed by atoms with Crippen molar-refractivity contribution in [3.63, 3.8) is 0 Å². The van der Waals surface area contributed by atoms with Crippen molar-refractivity contribution in [3.05, 3.63) is 69.8 Å². The number of amides is 2. The molecule has 2 aromatic carbocycles. The minimum atomic E-state index is -0.497. The van der Waals surface area contributed by atoms with E-state index in [1.807, 2.05) is 0 Å². The predicted molar refractivity (Wildman–Crippen MR) is 139 cm³/mol. The number of hydrogen-bond acceptors (Lipinski definition) is 5. The molecule has 0 radical (unpaired) electrons. The lowest BCUT2D eigenvalue weighted by molar-refractivity contribution is -0.110. The Hall–Kier alpha value is -3.32. The number of carbonyl (C=O) groups is 2. The van der Waals surface area contributed by atoms with E-state index in [-0.39, 0.29) is 6.04 Å². The summed E-state index contributed by atoms with van der Waals surface area (Å²) in [5.41, 5.74) is 15.3. The van der Waals surface area contributed by atoms with E-state index in [1.54, 1.807) is 0 Å². The quantitative estimate of drug-likeness (QED) is 0.461. The van der Waals surface area contributed by atoms with Crippen LogP contribution in [0.2, 0.25) is 0 Å². The Labute approximate surface area is 207 Å². The number of nitrogens with one attached hydrogen (secondary N) is 2. The molecule has 2 aliphatic rings. The van der Waals surface area contributed by atoms with E-state index in [4.69, 9.17) is 10.8 Å². The average molecular weight is 474 g/mol. The minimum Gasteiger partial charge on any atom is -0.355 e. The van der Waals surface area contributed by atoms with Crippen LogP contribution in [0, 0.1) is 5.92 Å². The van der Waals surface area contributed by atoms with E-state index >= 15 is 0 Å². The minimum absolute atomic E-state index is 0.0626. The molecule has 4 N–H and O–H groups in total. The lowest BCUT2D eigenvalue weighted by atomic mass is 9.64. The second kappa shape index (κ2) is 10.5. The molecule has 0 spiro atoms. The highest BCUT2D eigenvalue weighted by Crippen LogP contribution is 2.46. The molecule has 2 amide bonds. The molecule has 35 heavy (non-hydrogen) atoms. The second-order valence-corrected chi connectivity index (χ2v) is 10.0. The summed E-state index contributed by atoms with van der Waals surface area (Å²) >= 11 is 0. The van der Waals surface area contributed by atoms with Gasteiger partial charge in [0.1, 0.15) is 0 Å². The monoisotopic (exact) mass is 473 g/mol. The molecule has 0 saturated carbocycles. The van der Waals surface area contributed by atoms with E-state index in [9.17, 15) is 9.59 Å². The number of hydrogen-bond donors (Lipinski definition) is 3. The van der Waals surface area contributed by atoms with Gasteiger partial charge >= 0.3 is 0 Å². The first kappa shape index (κ1) is 24.8. The van der Waals surface area contributed by atoms with Crippen molar-refractivity contribution in [2.45, 2.75) is 71.0 Å². The molecule has 0 saturated heterocycles. The Bertz CT molecular complexity index is 1100. The number of nitrogens with zero attached hydrogens (tertiary/aromatic N) is 2. The lowest BCUT2D eigenvalue weighted by Crippen LogP contribution is -2.43. The zero-order chi connectivity index (χ0) is 25.0. The van der Waals surface area contributed by atoms with Gasteiger partial charge in [-0.25, -0.2) is 0 Å². The van der Waals surface area contributed by atoms with Gasteiger partial charge in [0.15, 0.2) is 0 Å². The van der Waals surface area contributed by atoms with Crippen molar-refractivity contribution >= 4 is 24.2 Å². The molecular formula is C28H35N5O2. The molecule has 0 unspecified atom stereocenters. The third-order valence-corrected chi connectivity index (χ3v) is 7.14. The molecule has 184 valence electrons. The Kier molecular flexibility index (Phi) is 7.45. The molecule has 7 nitrogen and oxygen atoms in total. The molecule has 0 bridgehead atoms. The zero-order valence-electron chi connectivity index (χ0n) is 20.8. The molecular weight excluding hydrogens is 438 g/mol. The number of nitrogens with two attached hydrogens (primary N) is 1. The molecule has 1 aliphatic heterocycles. The van der Waals surface area contributed by atoms with Gasteiger partial charge in [-0.3, -0.25) is 9.59 Å². The van der Waals surface area contributed by atoms with Crippen LogP contribution in [0.4, 0.5) is 0 Å². The summed E-state index contributed by atoms with van der Waals surface area (Å²) in [4.78, 5) is 21.8. The smallest absolute Gasteiger partial charge is 0.207 e. The summed E-state index contributed by atoms with van der Waals surface area (Å²) in [6.07, 6.45) is 4.64. The number of benzene rings is 2. The van der Waals surface area contributed by atoms with Gasteiger partial charge < -0.3 is 16.4 Å². The summed E-state index contributed by atoms with van der Waals surface area (Å²) in [6.45, 7) is 7.35. The zero-order valence-corrected chi connectivity index (χ0v) is 20.8. The maximum absolute atomic E-state index is 10.9. The number of fused-ring (bicyclic) bond motifs is 2. The van der Waals surface area contributed by atoms with Crippen LogP contribution >= 0.6 is 0 Å². The maximum Gasteiger partial charge on any atom is 0.207 e. The first-order valence-corrected chi connectivity index (χ1v) is 12.4. The SMILES string of the molecule is CC(C)C1=NN=C(C2(C[C@@H](C)N)c3ccc(CNC=O)cc3CCc3cc(CNC=O)ccc32)C1. The summed E-state index contributed by atoms with van der Waals surface area (Å²) in [5, 5.41) is 15.0. The Morgan fingerprint density at radius 2 is 1.46 bits per heavy atom. The summed E-state index contributed by atoms with van der Waals surface area (Å²) in [5.74, 6) is 0.321. The predicted octanol–water partition coefficient (Wildman–Crippen LogP) is 3.16. The summed E-state index contributed by atoms with van der Waals surface area (Å²) in [7, 11) is 0. The number of rotatable bonds is 10. The maximum atomic E-state index is 10.9. The average Bonchev–Trinajstić information content (AvgIpc) is 3.30.